The highest BCUT2D eigenvalue weighted by Gasteiger charge is 2.17. The molecule has 0 radical (unpaired) electrons. The molecule has 0 saturated heterocycles. The minimum atomic E-state index is -0.646. The Kier molecular flexibility index (Phi) is 4.15. The van der Waals surface area contributed by atoms with Crippen LogP contribution in [0.4, 0.5) is 0 Å². The van der Waals surface area contributed by atoms with Gasteiger partial charge in [0.05, 0.1) is 17.6 Å². The van der Waals surface area contributed by atoms with Crippen molar-refractivity contribution in [2.75, 3.05) is 0 Å². The molecule has 0 unspecified atom stereocenters. The van der Waals surface area contributed by atoms with Crippen LogP contribution in [0.1, 0.15) is 44.4 Å². The summed E-state index contributed by atoms with van der Waals surface area (Å²) in [6.45, 7) is 5.16. The molecule has 2 aromatic heterocycles. The Morgan fingerprint density at radius 3 is 2.86 bits per heavy atom. The van der Waals surface area contributed by atoms with Crippen LogP contribution in [0.25, 0.3) is 11.0 Å². The number of rotatable bonds is 6. The zero-order valence-electron chi connectivity index (χ0n) is 12.8. The van der Waals surface area contributed by atoms with Crippen LogP contribution in [-0.2, 0) is 13.1 Å². The molecule has 0 aliphatic heterocycles. The standard InChI is InChI=1S/C15H20N6O/c1-3-4-9-21-14(17-18-19-21)10-20-13-8-6-5-7-12(13)16-15(20)11(2)22/h5-8,11,22H,3-4,9-10H2,1-2H3/t11-/m1/s1. The molecule has 1 N–H and O–H groups in total. The van der Waals surface area contributed by atoms with Crippen molar-refractivity contribution in [1.29, 1.82) is 0 Å². The number of imidazole rings is 1. The summed E-state index contributed by atoms with van der Waals surface area (Å²) in [6.07, 6.45) is 1.48. The molecule has 22 heavy (non-hydrogen) atoms. The van der Waals surface area contributed by atoms with Gasteiger partial charge in [-0.25, -0.2) is 9.67 Å². The maximum absolute atomic E-state index is 10.0. The van der Waals surface area contributed by atoms with Crippen LogP contribution in [0.3, 0.4) is 0 Å². The molecule has 0 spiro atoms. The number of aliphatic hydroxyl groups is 1. The quantitative estimate of drug-likeness (QED) is 0.752. The van der Waals surface area contributed by atoms with Gasteiger partial charge in [0.15, 0.2) is 5.82 Å². The third kappa shape index (κ3) is 2.71. The molecular weight excluding hydrogens is 280 g/mol. The average molecular weight is 300 g/mol. The highest BCUT2D eigenvalue weighted by Crippen LogP contribution is 2.21. The monoisotopic (exact) mass is 300 g/mol. The molecule has 3 rings (SSSR count). The number of aromatic nitrogens is 6. The highest BCUT2D eigenvalue weighted by molar-refractivity contribution is 5.76. The van der Waals surface area contributed by atoms with Crippen LogP contribution in [0, 0.1) is 0 Å². The highest BCUT2D eigenvalue weighted by atomic mass is 16.3. The summed E-state index contributed by atoms with van der Waals surface area (Å²) in [5.74, 6) is 1.41. The van der Waals surface area contributed by atoms with Gasteiger partial charge in [0.1, 0.15) is 11.9 Å². The molecule has 0 saturated carbocycles. The van der Waals surface area contributed by atoms with Gasteiger partial charge < -0.3 is 9.67 Å². The Balaban J connectivity index is 1.99. The third-order valence-corrected chi connectivity index (χ3v) is 3.69. The lowest BCUT2D eigenvalue weighted by Crippen LogP contribution is -2.13. The number of aryl methyl sites for hydroxylation is 1. The lowest BCUT2D eigenvalue weighted by Gasteiger charge is -2.10. The number of benzene rings is 1. The normalized spacial score (nSPS) is 12.9. The van der Waals surface area contributed by atoms with E-state index in [0.29, 0.717) is 12.4 Å². The second-order valence-corrected chi connectivity index (χ2v) is 5.39. The molecule has 0 amide bonds. The Morgan fingerprint density at radius 1 is 1.27 bits per heavy atom. The van der Waals surface area contributed by atoms with Gasteiger partial charge in [-0.2, -0.15) is 0 Å². The number of nitrogens with zero attached hydrogens (tertiary/aromatic N) is 6. The summed E-state index contributed by atoms with van der Waals surface area (Å²) in [7, 11) is 0. The Bertz CT molecular complexity index is 760. The fourth-order valence-corrected chi connectivity index (χ4v) is 2.54. The second-order valence-electron chi connectivity index (χ2n) is 5.39. The number of unbranched alkanes of at least 4 members (excludes halogenated alkanes) is 1. The second kappa shape index (κ2) is 6.23. The third-order valence-electron chi connectivity index (χ3n) is 3.69. The molecule has 0 bridgehead atoms. The lowest BCUT2D eigenvalue weighted by atomic mass is 10.3. The lowest BCUT2D eigenvalue weighted by molar-refractivity contribution is 0.185. The number of para-hydroxylation sites is 2. The largest absolute Gasteiger partial charge is 0.385 e. The van der Waals surface area contributed by atoms with Gasteiger partial charge in [-0.05, 0) is 35.9 Å². The summed E-state index contributed by atoms with van der Waals surface area (Å²) in [4.78, 5) is 4.52. The van der Waals surface area contributed by atoms with Crippen LogP contribution in [-0.4, -0.2) is 34.9 Å². The van der Waals surface area contributed by atoms with Gasteiger partial charge >= 0.3 is 0 Å². The zero-order chi connectivity index (χ0) is 15.5. The van der Waals surface area contributed by atoms with Crippen molar-refractivity contribution >= 4 is 11.0 Å². The van der Waals surface area contributed by atoms with E-state index in [1.165, 1.54) is 0 Å². The fraction of sp³-hybridized carbons (Fsp3) is 0.467. The molecule has 3 aromatic rings. The first-order valence-electron chi connectivity index (χ1n) is 7.59. The van der Waals surface area contributed by atoms with E-state index in [-0.39, 0.29) is 0 Å². The average Bonchev–Trinajstić information content (AvgIpc) is 3.11. The van der Waals surface area contributed by atoms with Crippen LogP contribution in [0.15, 0.2) is 24.3 Å². The zero-order valence-corrected chi connectivity index (χ0v) is 12.8. The van der Waals surface area contributed by atoms with Gasteiger partial charge in [-0.15, -0.1) is 5.10 Å². The number of hydrogen-bond acceptors (Lipinski definition) is 5. The van der Waals surface area contributed by atoms with Crippen molar-refractivity contribution in [3.05, 3.63) is 35.9 Å². The van der Waals surface area contributed by atoms with E-state index < -0.39 is 6.10 Å². The topological polar surface area (TPSA) is 81.7 Å². The summed E-state index contributed by atoms with van der Waals surface area (Å²) in [5.41, 5.74) is 1.84. The fourth-order valence-electron chi connectivity index (χ4n) is 2.54. The molecule has 0 aliphatic rings. The van der Waals surface area contributed by atoms with Crippen molar-refractivity contribution in [3.63, 3.8) is 0 Å². The number of fused-ring (bicyclic) bond motifs is 1. The van der Waals surface area contributed by atoms with Crippen molar-refractivity contribution in [1.82, 2.24) is 29.8 Å². The minimum absolute atomic E-state index is 0.497. The smallest absolute Gasteiger partial charge is 0.171 e. The molecule has 2 heterocycles. The van der Waals surface area contributed by atoms with E-state index in [9.17, 15) is 5.11 Å². The van der Waals surface area contributed by atoms with E-state index >= 15 is 0 Å². The summed E-state index contributed by atoms with van der Waals surface area (Å²) < 4.78 is 3.80. The summed E-state index contributed by atoms with van der Waals surface area (Å²) >= 11 is 0. The molecule has 0 fully saturated rings. The van der Waals surface area contributed by atoms with Crippen LogP contribution < -0.4 is 0 Å². The predicted molar refractivity (Wildman–Crippen MR) is 82.2 cm³/mol. The van der Waals surface area contributed by atoms with E-state index in [1.807, 2.05) is 33.5 Å². The van der Waals surface area contributed by atoms with Crippen molar-refractivity contribution < 1.29 is 5.11 Å². The van der Waals surface area contributed by atoms with E-state index in [0.717, 1.165) is 36.2 Å². The minimum Gasteiger partial charge on any atom is -0.385 e. The molecule has 1 aromatic carbocycles. The van der Waals surface area contributed by atoms with Crippen molar-refractivity contribution in [2.45, 2.75) is 45.9 Å². The SMILES string of the molecule is CCCCn1nnnc1Cn1c([C@@H](C)O)nc2ccccc21. The van der Waals surface area contributed by atoms with Crippen molar-refractivity contribution in [2.24, 2.45) is 0 Å². The van der Waals surface area contributed by atoms with Crippen LogP contribution in [0.2, 0.25) is 0 Å². The van der Waals surface area contributed by atoms with Crippen LogP contribution in [0.5, 0.6) is 0 Å². The first-order valence-corrected chi connectivity index (χ1v) is 7.59. The molecule has 116 valence electrons. The first kappa shape index (κ1) is 14.6. The number of hydrogen-bond donors (Lipinski definition) is 1. The Labute approximate surface area is 128 Å². The van der Waals surface area contributed by atoms with Crippen LogP contribution >= 0.6 is 0 Å². The first-order chi connectivity index (χ1) is 10.7. The summed E-state index contributed by atoms with van der Waals surface area (Å²) in [5, 5.41) is 22.0. The summed E-state index contributed by atoms with van der Waals surface area (Å²) in [6, 6.07) is 7.84. The van der Waals surface area contributed by atoms with Gasteiger partial charge in [0.25, 0.3) is 0 Å². The van der Waals surface area contributed by atoms with Crippen molar-refractivity contribution in [3.8, 4) is 0 Å². The van der Waals surface area contributed by atoms with E-state index in [4.69, 9.17) is 0 Å². The molecule has 0 aliphatic carbocycles. The number of aliphatic hydroxyl groups excluding tert-OH is 1. The van der Waals surface area contributed by atoms with Gasteiger partial charge in [0.2, 0.25) is 0 Å². The molecule has 7 heteroatoms. The van der Waals surface area contributed by atoms with E-state index in [2.05, 4.69) is 27.4 Å². The maximum atomic E-state index is 10.0. The van der Waals surface area contributed by atoms with Gasteiger partial charge in [-0.3, -0.25) is 0 Å². The predicted octanol–water partition coefficient (Wildman–Crippen LogP) is 1.92. The van der Waals surface area contributed by atoms with Gasteiger partial charge in [0, 0.05) is 6.54 Å². The Morgan fingerprint density at radius 2 is 2.09 bits per heavy atom. The maximum Gasteiger partial charge on any atom is 0.171 e. The molecule has 1 atom stereocenters. The van der Waals surface area contributed by atoms with Gasteiger partial charge in [-0.1, -0.05) is 25.5 Å². The molecule has 7 nitrogen and oxygen atoms in total. The van der Waals surface area contributed by atoms with E-state index in [1.54, 1.807) is 6.92 Å². The Hall–Kier alpha value is -2.28. The molecular formula is C15H20N6O. The number of tetrazole rings is 1.